The highest BCUT2D eigenvalue weighted by molar-refractivity contribution is 9.11. The molecule has 1 fully saturated rings. The zero-order chi connectivity index (χ0) is 14.9. The van der Waals surface area contributed by atoms with Gasteiger partial charge in [0.15, 0.2) is 0 Å². The number of thioether (sulfide) groups is 1. The second kappa shape index (κ2) is 6.45. The van der Waals surface area contributed by atoms with Crippen molar-refractivity contribution < 1.29 is 12.8 Å². The zero-order valence-corrected chi connectivity index (χ0v) is 15.1. The van der Waals surface area contributed by atoms with Crippen molar-refractivity contribution in [1.82, 2.24) is 4.31 Å². The fourth-order valence-corrected chi connectivity index (χ4v) is 7.17. The Labute approximate surface area is 140 Å². The maximum absolute atomic E-state index is 12.6. The van der Waals surface area contributed by atoms with Crippen molar-refractivity contribution in [3.8, 4) is 0 Å². The van der Waals surface area contributed by atoms with E-state index in [9.17, 15) is 8.42 Å². The normalized spacial score (nSPS) is 21.3. The van der Waals surface area contributed by atoms with Crippen LogP contribution in [0.3, 0.4) is 0 Å². The number of hydrogen-bond donors (Lipinski definition) is 0. The molecule has 4 nitrogen and oxygen atoms in total. The molecule has 8 heteroatoms. The van der Waals surface area contributed by atoms with E-state index in [1.165, 1.54) is 11.3 Å². The number of sulfonamides is 1. The molecule has 0 radical (unpaired) electrons. The number of thiophene rings is 1. The Hall–Kier alpha value is -0.280. The van der Waals surface area contributed by atoms with Crippen molar-refractivity contribution in [2.45, 2.75) is 15.9 Å². The maximum atomic E-state index is 12.6. The van der Waals surface area contributed by atoms with E-state index >= 15 is 0 Å². The molecule has 21 heavy (non-hydrogen) atoms. The molecule has 0 spiro atoms. The molecule has 1 unspecified atom stereocenters. The fraction of sp³-hybridized carbons (Fsp3) is 0.385. The van der Waals surface area contributed by atoms with E-state index in [0.717, 1.165) is 21.7 Å². The number of nitrogens with zero attached hydrogens (tertiary/aromatic N) is 1. The fourth-order valence-electron chi connectivity index (χ4n) is 2.26. The first-order chi connectivity index (χ1) is 10.1. The smallest absolute Gasteiger partial charge is 0.252 e. The summed E-state index contributed by atoms with van der Waals surface area (Å²) in [6.07, 6.45) is 2.43. The first kappa shape index (κ1) is 15.6. The summed E-state index contributed by atoms with van der Waals surface area (Å²) in [6, 6.07) is 7.26. The predicted molar refractivity (Wildman–Crippen MR) is 89.3 cm³/mol. The molecular formula is C13H14BrNO3S3. The lowest BCUT2D eigenvalue weighted by atomic mass is 10.2. The number of rotatable bonds is 3. The van der Waals surface area contributed by atoms with Gasteiger partial charge in [-0.05, 0) is 46.6 Å². The van der Waals surface area contributed by atoms with E-state index < -0.39 is 10.0 Å². The lowest BCUT2D eigenvalue weighted by molar-refractivity contribution is 0.418. The van der Waals surface area contributed by atoms with Crippen molar-refractivity contribution in [1.29, 1.82) is 0 Å². The molecule has 1 aliphatic rings. The van der Waals surface area contributed by atoms with Gasteiger partial charge in [-0.3, -0.25) is 0 Å². The third-order valence-electron chi connectivity index (χ3n) is 3.30. The van der Waals surface area contributed by atoms with Gasteiger partial charge in [-0.1, -0.05) is 0 Å². The Morgan fingerprint density at radius 3 is 2.81 bits per heavy atom. The van der Waals surface area contributed by atoms with Crippen LogP contribution in [0.1, 0.15) is 17.4 Å². The van der Waals surface area contributed by atoms with Crippen LogP contribution in [0.5, 0.6) is 0 Å². The van der Waals surface area contributed by atoms with Crippen molar-refractivity contribution in [3.63, 3.8) is 0 Å². The van der Waals surface area contributed by atoms with Crippen LogP contribution in [0.15, 0.2) is 42.9 Å². The summed E-state index contributed by atoms with van der Waals surface area (Å²) in [5, 5.41) is 0.232. The van der Waals surface area contributed by atoms with Gasteiger partial charge in [0.05, 0.1) is 15.3 Å². The van der Waals surface area contributed by atoms with Gasteiger partial charge >= 0.3 is 0 Å². The first-order valence-corrected chi connectivity index (χ1v) is 10.6. The van der Waals surface area contributed by atoms with Gasteiger partial charge in [0.2, 0.25) is 0 Å². The summed E-state index contributed by atoms with van der Waals surface area (Å²) in [5.74, 6) is 1.70. The number of furan rings is 1. The standard InChI is InChI=1S/C13H14BrNO3S3/c14-12-3-4-13(20-12)21(16,17)15-6-5-11(19-9-7-15)10-2-1-8-18-10/h1-4,8,11H,5-7,9H2. The Kier molecular flexibility index (Phi) is 4.80. The Morgan fingerprint density at radius 1 is 1.29 bits per heavy atom. The van der Waals surface area contributed by atoms with Crippen LogP contribution in [0.25, 0.3) is 0 Å². The quantitative estimate of drug-likeness (QED) is 0.771. The second-order valence-electron chi connectivity index (χ2n) is 4.63. The Morgan fingerprint density at radius 2 is 2.14 bits per heavy atom. The molecule has 0 bridgehead atoms. The minimum atomic E-state index is -3.38. The van der Waals surface area contributed by atoms with Gasteiger partial charge in [-0.15, -0.1) is 23.1 Å². The summed E-state index contributed by atoms with van der Waals surface area (Å²) in [5.41, 5.74) is 0. The minimum absolute atomic E-state index is 0.232. The largest absolute Gasteiger partial charge is 0.468 e. The minimum Gasteiger partial charge on any atom is -0.468 e. The van der Waals surface area contributed by atoms with Crippen LogP contribution in [0.4, 0.5) is 0 Å². The first-order valence-electron chi connectivity index (χ1n) is 6.48. The molecule has 0 aliphatic carbocycles. The Balaban J connectivity index is 1.75. The van der Waals surface area contributed by atoms with Crippen molar-refractivity contribution >= 4 is 49.1 Å². The molecule has 1 atom stereocenters. The summed E-state index contributed by atoms with van der Waals surface area (Å²) in [6.45, 7) is 1.07. The van der Waals surface area contributed by atoms with Crippen LogP contribution >= 0.6 is 39.0 Å². The molecule has 1 aliphatic heterocycles. The highest BCUT2D eigenvalue weighted by atomic mass is 79.9. The maximum Gasteiger partial charge on any atom is 0.252 e. The van der Waals surface area contributed by atoms with E-state index in [-0.39, 0.29) is 5.25 Å². The van der Waals surface area contributed by atoms with E-state index in [2.05, 4.69) is 15.9 Å². The molecule has 0 amide bonds. The van der Waals surface area contributed by atoms with E-state index in [1.54, 1.807) is 34.5 Å². The highest BCUT2D eigenvalue weighted by Crippen LogP contribution is 2.36. The monoisotopic (exact) mass is 407 g/mol. The number of halogens is 1. The predicted octanol–water partition coefficient (Wildman–Crippen LogP) is 3.97. The highest BCUT2D eigenvalue weighted by Gasteiger charge is 2.30. The van der Waals surface area contributed by atoms with Crippen LogP contribution < -0.4 is 0 Å². The van der Waals surface area contributed by atoms with Gasteiger partial charge < -0.3 is 4.42 Å². The lowest BCUT2D eigenvalue weighted by Crippen LogP contribution is -2.32. The molecular weight excluding hydrogens is 394 g/mol. The summed E-state index contributed by atoms with van der Waals surface area (Å²) in [4.78, 5) is 0. The van der Waals surface area contributed by atoms with Gasteiger partial charge in [-0.2, -0.15) is 4.31 Å². The molecule has 3 rings (SSSR count). The van der Waals surface area contributed by atoms with Crippen LogP contribution in [0, 0.1) is 0 Å². The molecule has 2 aromatic heterocycles. The lowest BCUT2D eigenvalue weighted by Gasteiger charge is -2.18. The van der Waals surface area contributed by atoms with Crippen LogP contribution in [-0.4, -0.2) is 31.6 Å². The van der Waals surface area contributed by atoms with Gasteiger partial charge in [0.25, 0.3) is 10.0 Å². The number of hydrogen-bond acceptors (Lipinski definition) is 5. The second-order valence-corrected chi connectivity index (χ2v) is 10.6. The molecule has 0 aromatic carbocycles. The third-order valence-corrected chi connectivity index (χ3v) is 8.58. The van der Waals surface area contributed by atoms with E-state index in [4.69, 9.17) is 4.42 Å². The van der Waals surface area contributed by atoms with Crippen molar-refractivity contribution in [3.05, 3.63) is 40.1 Å². The van der Waals surface area contributed by atoms with Crippen LogP contribution in [-0.2, 0) is 10.0 Å². The topological polar surface area (TPSA) is 50.5 Å². The van der Waals surface area contributed by atoms with E-state index in [1.807, 2.05) is 12.1 Å². The van der Waals surface area contributed by atoms with Gasteiger partial charge in [0.1, 0.15) is 9.97 Å². The van der Waals surface area contributed by atoms with Crippen molar-refractivity contribution in [2.75, 3.05) is 18.8 Å². The summed E-state index contributed by atoms with van der Waals surface area (Å²) < 4.78 is 33.5. The molecule has 1 saturated heterocycles. The molecule has 0 N–H and O–H groups in total. The van der Waals surface area contributed by atoms with Crippen molar-refractivity contribution in [2.24, 2.45) is 0 Å². The molecule has 114 valence electrons. The average molecular weight is 408 g/mol. The SMILES string of the molecule is O=S(=O)(c1ccc(Br)s1)N1CCSC(c2ccco2)CC1. The Bertz CT molecular complexity index is 696. The zero-order valence-electron chi connectivity index (χ0n) is 11.1. The molecule has 2 aromatic rings. The summed E-state index contributed by atoms with van der Waals surface area (Å²) in [7, 11) is -3.38. The summed E-state index contributed by atoms with van der Waals surface area (Å²) >= 11 is 6.33. The third kappa shape index (κ3) is 3.39. The van der Waals surface area contributed by atoms with Crippen LogP contribution in [0.2, 0.25) is 0 Å². The average Bonchev–Trinajstić information content (AvgIpc) is 3.06. The molecule has 3 heterocycles. The van der Waals surface area contributed by atoms with E-state index in [0.29, 0.717) is 17.3 Å². The van der Waals surface area contributed by atoms with Gasteiger partial charge in [0, 0.05) is 18.8 Å². The van der Waals surface area contributed by atoms with Gasteiger partial charge in [-0.25, -0.2) is 8.42 Å². The molecule has 0 saturated carbocycles.